The Kier molecular flexibility index (Phi) is 4.58. The average molecular weight is 314 g/mol. The lowest BCUT2D eigenvalue weighted by molar-refractivity contribution is -0.117. The number of aliphatic hydroxyl groups excluding tert-OH is 1. The molecule has 3 rings (SSSR count). The number of ether oxygens (including phenoxy) is 1. The zero-order valence-electron chi connectivity index (χ0n) is 14.3. The maximum absolute atomic E-state index is 12.9. The van der Waals surface area contributed by atoms with E-state index in [0.29, 0.717) is 17.9 Å². The smallest absolute Gasteiger partial charge is 0.170 e. The minimum absolute atomic E-state index is 0.0618. The molecule has 1 aliphatic carbocycles. The number of carbonyl (C=O) groups is 1. The Balaban J connectivity index is 1.83. The van der Waals surface area contributed by atoms with Gasteiger partial charge in [-0.25, -0.2) is 0 Å². The second-order valence-electron chi connectivity index (χ2n) is 7.15. The van der Waals surface area contributed by atoms with E-state index in [2.05, 4.69) is 19.1 Å². The fraction of sp³-hybridized carbons (Fsp3) is 0.550. The topological polar surface area (TPSA) is 46.5 Å². The Bertz CT molecular complexity index is 628. The first kappa shape index (κ1) is 16.3. The van der Waals surface area contributed by atoms with Crippen LogP contribution in [0.5, 0.6) is 0 Å². The second-order valence-corrected chi connectivity index (χ2v) is 7.15. The number of carbonyl (C=O) groups excluding carboxylic acids is 1. The summed E-state index contributed by atoms with van der Waals surface area (Å²) in [5.74, 6) is 0.893. The van der Waals surface area contributed by atoms with E-state index in [1.165, 1.54) is 5.56 Å². The van der Waals surface area contributed by atoms with E-state index in [-0.39, 0.29) is 17.5 Å². The molecule has 1 aromatic rings. The van der Waals surface area contributed by atoms with Crippen molar-refractivity contribution >= 4 is 11.4 Å². The first-order valence-electron chi connectivity index (χ1n) is 8.59. The molecule has 0 bridgehead atoms. The molecule has 1 atom stereocenters. The highest BCUT2D eigenvalue weighted by Crippen LogP contribution is 2.40. The predicted molar refractivity (Wildman–Crippen MR) is 91.5 cm³/mol. The highest BCUT2D eigenvalue weighted by Gasteiger charge is 2.36. The minimum Gasteiger partial charge on any atom is -0.512 e. The Morgan fingerprint density at radius 1 is 1.13 bits per heavy atom. The molecule has 1 aromatic carbocycles. The van der Waals surface area contributed by atoms with Crippen LogP contribution >= 0.6 is 0 Å². The first-order chi connectivity index (χ1) is 11.0. The van der Waals surface area contributed by atoms with Crippen LogP contribution in [0.25, 0.3) is 5.57 Å². The van der Waals surface area contributed by atoms with Crippen molar-refractivity contribution < 1.29 is 14.6 Å². The second kappa shape index (κ2) is 6.48. The quantitative estimate of drug-likeness (QED) is 0.905. The van der Waals surface area contributed by atoms with E-state index in [0.717, 1.165) is 49.2 Å². The van der Waals surface area contributed by atoms with Crippen molar-refractivity contribution in [3.8, 4) is 0 Å². The standard InChI is InChI=1S/C20H26O3/c1-12-8-13(2)18(14(3)9-12)19-17(21)11-16(20(19)22)10-15-4-6-23-7-5-15/h8-9,15-16,21H,4-7,10-11H2,1-3H3. The van der Waals surface area contributed by atoms with E-state index in [1.807, 2.05) is 13.8 Å². The van der Waals surface area contributed by atoms with E-state index in [9.17, 15) is 9.90 Å². The summed E-state index contributed by atoms with van der Waals surface area (Å²) in [6.07, 6.45) is 3.43. The van der Waals surface area contributed by atoms with Gasteiger partial charge in [0.15, 0.2) is 5.78 Å². The van der Waals surface area contributed by atoms with Crippen LogP contribution in [0.3, 0.4) is 0 Å². The summed E-state index contributed by atoms with van der Waals surface area (Å²) in [6, 6.07) is 4.17. The van der Waals surface area contributed by atoms with Gasteiger partial charge in [0.05, 0.1) is 5.57 Å². The molecular formula is C20H26O3. The van der Waals surface area contributed by atoms with Crippen molar-refractivity contribution in [1.29, 1.82) is 0 Å². The molecule has 23 heavy (non-hydrogen) atoms. The van der Waals surface area contributed by atoms with Gasteiger partial charge in [0, 0.05) is 25.6 Å². The largest absolute Gasteiger partial charge is 0.512 e. The van der Waals surface area contributed by atoms with Gasteiger partial charge >= 0.3 is 0 Å². The molecule has 1 unspecified atom stereocenters. The Hall–Kier alpha value is -1.61. The maximum Gasteiger partial charge on any atom is 0.170 e. The lowest BCUT2D eigenvalue weighted by Gasteiger charge is -2.24. The fourth-order valence-electron chi connectivity index (χ4n) is 4.19. The molecule has 2 aliphatic rings. The lowest BCUT2D eigenvalue weighted by atomic mass is 9.85. The SMILES string of the molecule is Cc1cc(C)c(C2=C(O)CC(CC3CCOCC3)C2=O)c(C)c1. The van der Waals surface area contributed by atoms with Crippen molar-refractivity contribution in [3.63, 3.8) is 0 Å². The molecule has 3 heteroatoms. The third-order valence-electron chi connectivity index (χ3n) is 5.23. The number of allylic oxidation sites excluding steroid dienone is 2. The van der Waals surface area contributed by atoms with Gasteiger partial charge in [-0.1, -0.05) is 17.7 Å². The number of ketones is 1. The van der Waals surface area contributed by atoms with Crippen LogP contribution in [0.2, 0.25) is 0 Å². The van der Waals surface area contributed by atoms with E-state index in [4.69, 9.17) is 4.74 Å². The van der Waals surface area contributed by atoms with Gasteiger partial charge in [-0.15, -0.1) is 0 Å². The molecule has 1 saturated heterocycles. The summed E-state index contributed by atoms with van der Waals surface area (Å²) < 4.78 is 5.40. The average Bonchev–Trinajstić information content (AvgIpc) is 2.75. The summed E-state index contributed by atoms with van der Waals surface area (Å²) in [5, 5.41) is 10.5. The molecule has 1 fully saturated rings. The summed E-state index contributed by atoms with van der Waals surface area (Å²) in [4.78, 5) is 12.9. The minimum atomic E-state index is -0.0618. The third-order valence-corrected chi connectivity index (χ3v) is 5.23. The van der Waals surface area contributed by atoms with Crippen molar-refractivity contribution in [2.45, 2.75) is 46.5 Å². The van der Waals surface area contributed by atoms with Crippen LogP contribution < -0.4 is 0 Å². The molecule has 1 N–H and O–H groups in total. The van der Waals surface area contributed by atoms with Crippen LogP contribution in [0, 0.1) is 32.6 Å². The Morgan fingerprint density at radius 2 is 1.74 bits per heavy atom. The molecule has 1 aliphatic heterocycles. The molecule has 0 aromatic heterocycles. The number of aryl methyl sites for hydroxylation is 3. The van der Waals surface area contributed by atoms with Gasteiger partial charge in [-0.3, -0.25) is 4.79 Å². The Labute approximate surface area is 138 Å². The van der Waals surface area contributed by atoms with Crippen molar-refractivity contribution in [1.82, 2.24) is 0 Å². The molecule has 0 saturated carbocycles. The maximum atomic E-state index is 12.9. The molecule has 0 spiro atoms. The monoisotopic (exact) mass is 314 g/mol. The number of rotatable bonds is 3. The highest BCUT2D eigenvalue weighted by atomic mass is 16.5. The van der Waals surface area contributed by atoms with Gasteiger partial charge in [0.2, 0.25) is 0 Å². The zero-order valence-corrected chi connectivity index (χ0v) is 14.3. The number of Topliss-reactive ketones (excluding diaryl/α,β-unsaturated/α-hetero) is 1. The van der Waals surface area contributed by atoms with Gasteiger partial charge in [-0.05, 0) is 62.6 Å². The third kappa shape index (κ3) is 3.20. The van der Waals surface area contributed by atoms with Gasteiger partial charge in [0.1, 0.15) is 5.76 Å². The summed E-state index contributed by atoms with van der Waals surface area (Å²) in [5.41, 5.74) is 4.84. The lowest BCUT2D eigenvalue weighted by Crippen LogP contribution is -2.21. The normalized spacial score (nSPS) is 22.9. The number of hydrogen-bond donors (Lipinski definition) is 1. The van der Waals surface area contributed by atoms with Crippen molar-refractivity contribution in [3.05, 3.63) is 40.1 Å². The van der Waals surface area contributed by atoms with Gasteiger partial charge in [-0.2, -0.15) is 0 Å². The van der Waals surface area contributed by atoms with Crippen LogP contribution in [0.15, 0.2) is 17.9 Å². The molecule has 0 radical (unpaired) electrons. The van der Waals surface area contributed by atoms with Crippen LogP contribution in [0.4, 0.5) is 0 Å². The first-order valence-corrected chi connectivity index (χ1v) is 8.59. The highest BCUT2D eigenvalue weighted by molar-refractivity contribution is 6.25. The van der Waals surface area contributed by atoms with Gasteiger partial charge < -0.3 is 9.84 Å². The number of hydrogen-bond acceptors (Lipinski definition) is 3. The molecule has 0 amide bonds. The Morgan fingerprint density at radius 3 is 2.35 bits per heavy atom. The fourth-order valence-corrected chi connectivity index (χ4v) is 4.19. The molecule has 124 valence electrons. The van der Waals surface area contributed by atoms with E-state index in [1.54, 1.807) is 0 Å². The molecule has 1 heterocycles. The predicted octanol–water partition coefficient (Wildman–Crippen LogP) is 4.29. The zero-order chi connectivity index (χ0) is 16.6. The molecular weight excluding hydrogens is 288 g/mol. The number of benzene rings is 1. The van der Waals surface area contributed by atoms with Crippen molar-refractivity contribution in [2.75, 3.05) is 13.2 Å². The van der Waals surface area contributed by atoms with Crippen molar-refractivity contribution in [2.24, 2.45) is 11.8 Å². The van der Waals surface area contributed by atoms with Crippen LogP contribution in [0.1, 0.15) is 47.9 Å². The van der Waals surface area contributed by atoms with E-state index < -0.39 is 0 Å². The van der Waals surface area contributed by atoms with Crippen LogP contribution in [-0.2, 0) is 9.53 Å². The molecule has 3 nitrogen and oxygen atoms in total. The summed E-state index contributed by atoms with van der Waals surface area (Å²) in [6.45, 7) is 7.70. The van der Waals surface area contributed by atoms with Gasteiger partial charge in [0.25, 0.3) is 0 Å². The van der Waals surface area contributed by atoms with E-state index >= 15 is 0 Å². The number of aliphatic hydroxyl groups is 1. The van der Waals surface area contributed by atoms with Crippen LogP contribution in [-0.4, -0.2) is 24.1 Å². The summed E-state index contributed by atoms with van der Waals surface area (Å²) in [7, 11) is 0. The summed E-state index contributed by atoms with van der Waals surface area (Å²) >= 11 is 0.